The molecule has 1 N–H and O–H groups in total. The summed E-state index contributed by atoms with van der Waals surface area (Å²) in [6.45, 7) is 6.63. The van der Waals surface area contributed by atoms with Crippen LogP contribution in [0.25, 0.3) is 11.4 Å². The van der Waals surface area contributed by atoms with Crippen molar-refractivity contribution in [2.45, 2.75) is 44.4 Å². The molecule has 7 heteroatoms. The summed E-state index contributed by atoms with van der Waals surface area (Å²) in [5.74, 6) is 1.58. The molecule has 0 aliphatic carbocycles. The number of methoxy groups -OCH3 is 1. The zero-order valence-electron chi connectivity index (χ0n) is 18.8. The van der Waals surface area contributed by atoms with E-state index in [1.165, 1.54) is 11.8 Å². The van der Waals surface area contributed by atoms with Crippen molar-refractivity contribution >= 4 is 23.4 Å². The molecular formula is C25H27N3O3S. The van der Waals surface area contributed by atoms with E-state index in [4.69, 9.17) is 19.4 Å². The lowest BCUT2D eigenvalue weighted by atomic mass is 9.96. The molecule has 4 rings (SSSR count). The van der Waals surface area contributed by atoms with Gasteiger partial charge in [-0.1, -0.05) is 35.5 Å². The third kappa shape index (κ3) is 5.29. The largest absolute Gasteiger partial charge is 0.497 e. The highest BCUT2D eigenvalue weighted by atomic mass is 32.2. The van der Waals surface area contributed by atoms with Crippen LogP contribution in [0.3, 0.4) is 0 Å². The molecule has 2 heterocycles. The number of hydrogen-bond donors (Lipinski definition) is 1. The van der Waals surface area contributed by atoms with Crippen LogP contribution in [0, 0.1) is 6.92 Å². The summed E-state index contributed by atoms with van der Waals surface area (Å²) >= 11 is 1.42. The summed E-state index contributed by atoms with van der Waals surface area (Å²) < 4.78 is 11.2. The number of fused-ring (bicyclic) bond motifs is 1. The second-order valence-electron chi connectivity index (χ2n) is 8.44. The third-order valence-electron chi connectivity index (χ3n) is 5.25. The fourth-order valence-electron chi connectivity index (χ4n) is 3.56. The molecule has 2 aromatic carbocycles. The van der Waals surface area contributed by atoms with Crippen molar-refractivity contribution in [2.24, 2.45) is 0 Å². The Morgan fingerprint density at radius 2 is 1.97 bits per heavy atom. The molecule has 0 spiro atoms. The van der Waals surface area contributed by atoms with Crippen LogP contribution in [0.4, 0.5) is 5.69 Å². The monoisotopic (exact) mass is 449 g/mol. The number of carbonyl (C=O) groups excluding carboxylic acids is 1. The molecule has 0 saturated carbocycles. The molecule has 0 atom stereocenters. The van der Waals surface area contributed by atoms with Gasteiger partial charge in [-0.05, 0) is 51.1 Å². The minimum absolute atomic E-state index is 0.0957. The third-order valence-corrected chi connectivity index (χ3v) is 6.26. The maximum atomic E-state index is 12.6. The highest BCUT2D eigenvalue weighted by Gasteiger charge is 2.30. The maximum Gasteiger partial charge on any atom is 0.234 e. The standard InChI is InChI=1S/C25H27N3O3S/c1-16-6-5-7-17(12-16)23-27-21-13-25(2,3)31-14-20(21)24(28-23)32-15-22(29)26-18-8-10-19(30-4)11-9-18/h5-12H,13-15H2,1-4H3,(H,26,29). The van der Waals surface area contributed by atoms with E-state index < -0.39 is 0 Å². The van der Waals surface area contributed by atoms with Crippen LogP contribution in [0.15, 0.2) is 53.6 Å². The van der Waals surface area contributed by atoms with Gasteiger partial charge in [0.2, 0.25) is 5.91 Å². The molecule has 166 valence electrons. The van der Waals surface area contributed by atoms with Crippen molar-refractivity contribution in [3.05, 3.63) is 65.4 Å². The average molecular weight is 450 g/mol. The molecule has 0 saturated heterocycles. The van der Waals surface area contributed by atoms with Crippen molar-refractivity contribution in [3.8, 4) is 17.1 Å². The van der Waals surface area contributed by atoms with Gasteiger partial charge in [-0.2, -0.15) is 0 Å². The van der Waals surface area contributed by atoms with E-state index in [2.05, 4.69) is 38.2 Å². The van der Waals surface area contributed by atoms with E-state index in [1.54, 1.807) is 7.11 Å². The molecule has 0 unspecified atom stereocenters. The minimum atomic E-state index is -0.279. The van der Waals surface area contributed by atoms with E-state index in [1.807, 2.05) is 36.4 Å². The maximum absolute atomic E-state index is 12.6. The first kappa shape index (κ1) is 22.3. The van der Waals surface area contributed by atoms with Crippen LogP contribution >= 0.6 is 11.8 Å². The first-order chi connectivity index (χ1) is 15.3. The zero-order valence-corrected chi connectivity index (χ0v) is 19.6. The Balaban J connectivity index is 1.56. The fraction of sp³-hybridized carbons (Fsp3) is 0.320. The molecule has 1 aromatic heterocycles. The number of nitrogens with zero attached hydrogens (tertiary/aromatic N) is 2. The lowest BCUT2D eigenvalue weighted by Gasteiger charge is -2.32. The van der Waals surface area contributed by atoms with Crippen molar-refractivity contribution in [1.82, 2.24) is 9.97 Å². The van der Waals surface area contributed by atoms with Gasteiger partial charge in [0.25, 0.3) is 0 Å². The lowest BCUT2D eigenvalue weighted by molar-refractivity contribution is -0.113. The van der Waals surface area contributed by atoms with Gasteiger partial charge in [-0.15, -0.1) is 0 Å². The van der Waals surface area contributed by atoms with Crippen LogP contribution in [-0.2, 0) is 22.6 Å². The number of thioether (sulfide) groups is 1. The molecule has 1 amide bonds. The van der Waals surface area contributed by atoms with Crippen LogP contribution in [0.5, 0.6) is 5.75 Å². The summed E-state index contributed by atoms with van der Waals surface area (Å²) in [6.07, 6.45) is 0.704. The van der Waals surface area contributed by atoms with E-state index in [9.17, 15) is 4.79 Å². The van der Waals surface area contributed by atoms with Gasteiger partial charge >= 0.3 is 0 Å². The smallest absolute Gasteiger partial charge is 0.234 e. The van der Waals surface area contributed by atoms with Gasteiger partial charge in [0, 0.05) is 23.2 Å². The number of hydrogen-bond acceptors (Lipinski definition) is 6. The number of ether oxygens (including phenoxy) is 2. The second-order valence-corrected chi connectivity index (χ2v) is 9.40. The fourth-order valence-corrected chi connectivity index (χ4v) is 4.40. The number of rotatable bonds is 6. The predicted molar refractivity (Wildman–Crippen MR) is 127 cm³/mol. The Morgan fingerprint density at radius 3 is 2.69 bits per heavy atom. The number of anilines is 1. The van der Waals surface area contributed by atoms with Gasteiger partial charge < -0.3 is 14.8 Å². The zero-order chi connectivity index (χ0) is 22.7. The number of aromatic nitrogens is 2. The van der Waals surface area contributed by atoms with Gasteiger partial charge in [0.15, 0.2) is 5.82 Å². The van der Waals surface area contributed by atoms with Crippen molar-refractivity contribution in [3.63, 3.8) is 0 Å². The van der Waals surface area contributed by atoms with Crippen LogP contribution in [0.2, 0.25) is 0 Å². The Morgan fingerprint density at radius 1 is 1.19 bits per heavy atom. The van der Waals surface area contributed by atoms with E-state index >= 15 is 0 Å². The number of amides is 1. The van der Waals surface area contributed by atoms with Crippen LogP contribution in [0.1, 0.15) is 30.7 Å². The number of carbonyl (C=O) groups is 1. The average Bonchev–Trinajstić information content (AvgIpc) is 2.77. The van der Waals surface area contributed by atoms with E-state index in [-0.39, 0.29) is 17.3 Å². The Bertz CT molecular complexity index is 1130. The summed E-state index contributed by atoms with van der Waals surface area (Å²) in [7, 11) is 1.61. The molecule has 6 nitrogen and oxygen atoms in total. The summed E-state index contributed by atoms with van der Waals surface area (Å²) in [5, 5.41) is 3.72. The van der Waals surface area contributed by atoms with Gasteiger partial charge in [0.05, 0.1) is 30.8 Å². The highest BCUT2D eigenvalue weighted by Crippen LogP contribution is 2.34. The molecule has 3 aromatic rings. The Kier molecular flexibility index (Phi) is 6.48. The van der Waals surface area contributed by atoms with Gasteiger partial charge in [-0.3, -0.25) is 4.79 Å². The number of nitrogens with one attached hydrogen (secondary N) is 1. The molecule has 1 aliphatic rings. The molecule has 1 aliphatic heterocycles. The SMILES string of the molecule is COc1ccc(NC(=O)CSc2nc(-c3cccc(C)c3)nc3c2COC(C)(C)C3)cc1. The molecule has 0 radical (unpaired) electrons. The molecular weight excluding hydrogens is 422 g/mol. The van der Waals surface area contributed by atoms with Gasteiger partial charge in [0.1, 0.15) is 10.8 Å². The minimum Gasteiger partial charge on any atom is -0.497 e. The number of aryl methyl sites for hydroxylation is 1. The van der Waals surface area contributed by atoms with Gasteiger partial charge in [-0.25, -0.2) is 9.97 Å². The summed E-state index contributed by atoms with van der Waals surface area (Å²) in [6, 6.07) is 15.4. The van der Waals surface area contributed by atoms with Crippen LogP contribution < -0.4 is 10.1 Å². The second kappa shape index (κ2) is 9.30. The molecule has 0 bridgehead atoms. The number of benzene rings is 2. The van der Waals surface area contributed by atoms with Crippen molar-refractivity contribution in [2.75, 3.05) is 18.2 Å². The van der Waals surface area contributed by atoms with E-state index in [0.29, 0.717) is 18.9 Å². The first-order valence-electron chi connectivity index (χ1n) is 10.5. The molecule has 32 heavy (non-hydrogen) atoms. The van der Waals surface area contributed by atoms with Crippen LogP contribution in [-0.4, -0.2) is 34.3 Å². The summed E-state index contributed by atoms with van der Waals surface area (Å²) in [5.41, 5.74) is 4.54. The Labute approximate surface area is 192 Å². The highest BCUT2D eigenvalue weighted by molar-refractivity contribution is 8.00. The lowest BCUT2D eigenvalue weighted by Crippen LogP contribution is -2.33. The van der Waals surface area contributed by atoms with Crippen molar-refractivity contribution in [1.29, 1.82) is 0 Å². The predicted octanol–water partition coefficient (Wildman–Crippen LogP) is 5.04. The van der Waals surface area contributed by atoms with Crippen molar-refractivity contribution < 1.29 is 14.3 Å². The quantitative estimate of drug-likeness (QED) is 0.420. The molecule has 0 fully saturated rings. The first-order valence-corrected chi connectivity index (χ1v) is 11.5. The van der Waals surface area contributed by atoms with E-state index in [0.717, 1.165) is 38.8 Å². The topological polar surface area (TPSA) is 73.3 Å². The Hall–Kier alpha value is -2.90. The normalized spacial score (nSPS) is 14.5. The summed E-state index contributed by atoms with van der Waals surface area (Å²) in [4.78, 5) is 22.3.